The van der Waals surface area contributed by atoms with Crippen molar-refractivity contribution in [2.45, 2.75) is 27.7 Å². The van der Waals surface area contributed by atoms with Crippen LogP contribution in [-0.4, -0.2) is 5.97 Å². The van der Waals surface area contributed by atoms with Gasteiger partial charge in [-0.25, -0.2) is 0 Å². The molecule has 172 valence electrons. The van der Waals surface area contributed by atoms with Crippen LogP contribution in [0.2, 0.25) is 0 Å². The van der Waals surface area contributed by atoms with E-state index < -0.39 is 0 Å². The Kier molecular flexibility index (Phi) is 15.6. The molecule has 0 heterocycles. The molecule has 33 heavy (non-hydrogen) atoms. The number of hydrogen-bond donors (Lipinski definition) is 0. The fourth-order valence-corrected chi connectivity index (χ4v) is 2.43. The van der Waals surface area contributed by atoms with Crippen molar-refractivity contribution in [3.63, 3.8) is 0 Å². The summed E-state index contributed by atoms with van der Waals surface area (Å²) in [5.74, 6) is -0.329. The molecule has 0 atom stereocenters. The van der Waals surface area contributed by atoms with Crippen LogP contribution in [0.3, 0.4) is 0 Å². The zero-order valence-corrected chi connectivity index (χ0v) is 20.4. The summed E-state index contributed by atoms with van der Waals surface area (Å²) in [5, 5.41) is 0. The molecule has 0 radical (unpaired) electrons. The number of carbonyl (C=O) groups is 1. The minimum atomic E-state index is -0.329. The minimum absolute atomic E-state index is 0.329. The highest BCUT2D eigenvalue weighted by molar-refractivity contribution is 5.66. The van der Waals surface area contributed by atoms with Crippen LogP contribution in [0.15, 0.2) is 105 Å². The van der Waals surface area contributed by atoms with Gasteiger partial charge in [-0.2, -0.15) is 0 Å². The third kappa shape index (κ3) is 14.7. The second-order valence-corrected chi connectivity index (χ2v) is 7.07. The minimum Gasteiger partial charge on any atom is -0.435 e. The molecule has 0 saturated heterocycles. The highest BCUT2D eigenvalue weighted by Gasteiger charge is 1.87. The molecular weight excluding hydrogens is 404 g/mol. The molecule has 0 aliphatic carbocycles. The van der Waals surface area contributed by atoms with E-state index in [1.807, 2.05) is 42.5 Å². The molecular formula is C31H36O2. The van der Waals surface area contributed by atoms with E-state index in [1.54, 1.807) is 0 Å². The maximum atomic E-state index is 9.75. The van der Waals surface area contributed by atoms with E-state index in [4.69, 9.17) is 0 Å². The number of hydrogen-bond acceptors (Lipinski definition) is 2. The largest absolute Gasteiger partial charge is 0.435 e. The predicted molar refractivity (Wildman–Crippen MR) is 146 cm³/mol. The van der Waals surface area contributed by atoms with E-state index in [-0.39, 0.29) is 5.97 Å². The topological polar surface area (TPSA) is 26.3 Å². The quantitative estimate of drug-likeness (QED) is 0.300. The second-order valence-electron chi connectivity index (χ2n) is 7.07. The summed E-state index contributed by atoms with van der Waals surface area (Å²) in [5.41, 5.74) is 7.45. The van der Waals surface area contributed by atoms with Crippen LogP contribution in [0.5, 0.6) is 0 Å². The molecule has 0 spiro atoms. The SMILES string of the molecule is C=COC(C)=O.C=Cc1ccc(C)cc1.C=Cc1cccc(C)c1.C=Cc1ccccc1C. The highest BCUT2D eigenvalue weighted by atomic mass is 16.5. The maximum Gasteiger partial charge on any atom is 0.307 e. The first-order chi connectivity index (χ1) is 15.8. The van der Waals surface area contributed by atoms with Gasteiger partial charge in [0.25, 0.3) is 0 Å². The Balaban J connectivity index is 0.000000419. The fraction of sp³-hybridized carbons (Fsp3) is 0.129. The van der Waals surface area contributed by atoms with Crippen LogP contribution >= 0.6 is 0 Å². The molecule has 0 amide bonds. The monoisotopic (exact) mass is 440 g/mol. The lowest BCUT2D eigenvalue weighted by Crippen LogP contribution is -1.87. The van der Waals surface area contributed by atoms with Gasteiger partial charge < -0.3 is 4.74 Å². The van der Waals surface area contributed by atoms with Gasteiger partial charge in [0.1, 0.15) is 0 Å². The van der Waals surface area contributed by atoms with Crippen molar-refractivity contribution in [2.24, 2.45) is 0 Å². The van der Waals surface area contributed by atoms with Crippen molar-refractivity contribution in [2.75, 3.05) is 0 Å². The smallest absolute Gasteiger partial charge is 0.307 e. The van der Waals surface area contributed by atoms with E-state index in [1.165, 1.54) is 40.3 Å². The number of ether oxygens (including phenoxy) is 1. The summed E-state index contributed by atoms with van der Waals surface area (Å²) in [6.45, 7) is 21.7. The predicted octanol–water partition coefficient (Wildman–Crippen LogP) is 8.61. The number of benzene rings is 3. The molecule has 3 rings (SSSR count). The first-order valence-electron chi connectivity index (χ1n) is 10.6. The zero-order valence-electron chi connectivity index (χ0n) is 20.4. The molecule has 0 aromatic heterocycles. The van der Waals surface area contributed by atoms with Crippen LogP contribution in [0.1, 0.15) is 40.3 Å². The van der Waals surface area contributed by atoms with Gasteiger partial charge in [0, 0.05) is 6.92 Å². The van der Waals surface area contributed by atoms with Crippen molar-refractivity contribution < 1.29 is 9.53 Å². The fourth-order valence-electron chi connectivity index (χ4n) is 2.43. The molecule has 0 fully saturated rings. The van der Waals surface area contributed by atoms with Gasteiger partial charge in [0.15, 0.2) is 0 Å². The van der Waals surface area contributed by atoms with Crippen molar-refractivity contribution in [1.29, 1.82) is 0 Å². The third-order valence-electron chi connectivity index (χ3n) is 4.25. The Bertz CT molecular complexity index is 1010. The lowest BCUT2D eigenvalue weighted by Gasteiger charge is -1.95. The molecule has 0 N–H and O–H groups in total. The average Bonchev–Trinajstić information content (AvgIpc) is 2.81. The molecule has 3 aromatic rings. The molecule has 0 aliphatic heterocycles. The standard InChI is InChI=1S/3C9H10.C4H6O2/c1-3-9-6-4-8(2)5-7-9;1-3-9-6-4-5-8(2)7-9;1-3-9-7-5-4-6-8(9)2;1-3-6-4(2)5/h3*3-7H,1H2,2H3;3H,1H2,2H3. The molecule has 2 heteroatoms. The third-order valence-corrected chi connectivity index (χ3v) is 4.25. The van der Waals surface area contributed by atoms with Crippen LogP contribution in [0.4, 0.5) is 0 Å². The molecule has 0 aliphatic rings. The number of aryl methyl sites for hydroxylation is 3. The average molecular weight is 441 g/mol. The first-order valence-corrected chi connectivity index (χ1v) is 10.6. The summed E-state index contributed by atoms with van der Waals surface area (Å²) < 4.78 is 4.17. The maximum absolute atomic E-state index is 9.75. The molecule has 0 saturated carbocycles. The van der Waals surface area contributed by atoms with Gasteiger partial charge in [0.2, 0.25) is 0 Å². The lowest BCUT2D eigenvalue weighted by atomic mass is 10.1. The van der Waals surface area contributed by atoms with E-state index >= 15 is 0 Å². The molecule has 3 aromatic carbocycles. The Morgan fingerprint density at radius 3 is 1.67 bits per heavy atom. The normalized spacial score (nSPS) is 8.61. The van der Waals surface area contributed by atoms with E-state index in [9.17, 15) is 4.79 Å². The van der Waals surface area contributed by atoms with Crippen LogP contribution in [0.25, 0.3) is 18.2 Å². The summed E-state index contributed by atoms with van der Waals surface area (Å²) in [6.07, 6.45) is 6.67. The number of rotatable bonds is 4. The lowest BCUT2D eigenvalue weighted by molar-refractivity contribution is -0.135. The van der Waals surface area contributed by atoms with Crippen LogP contribution in [0, 0.1) is 20.8 Å². The Morgan fingerprint density at radius 1 is 0.697 bits per heavy atom. The van der Waals surface area contributed by atoms with Crippen molar-refractivity contribution in [3.8, 4) is 0 Å². The van der Waals surface area contributed by atoms with Crippen LogP contribution < -0.4 is 0 Å². The highest BCUT2D eigenvalue weighted by Crippen LogP contribution is 2.07. The Labute approximate surface area is 200 Å². The summed E-state index contributed by atoms with van der Waals surface area (Å²) in [4.78, 5) is 9.75. The Hall–Kier alpha value is -3.91. The van der Waals surface area contributed by atoms with Crippen molar-refractivity contribution >= 4 is 24.2 Å². The molecule has 2 nitrogen and oxygen atoms in total. The number of carbonyl (C=O) groups excluding carboxylic acids is 1. The molecule has 0 unspecified atom stereocenters. The summed E-state index contributed by atoms with van der Waals surface area (Å²) in [6, 6.07) is 24.7. The Morgan fingerprint density at radius 2 is 1.30 bits per heavy atom. The summed E-state index contributed by atoms with van der Waals surface area (Å²) >= 11 is 0. The summed E-state index contributed by atoms with van der Waals surface area (Å²) in [7, 11) is 0. The van der Waals surface area contributed by atoms with Gasteiger partial charge in [-0.15, -0.1) is 0 Å². The number of esters is 1. The van der Waals surface area contributed by atoms with Crippen molar-refractivity contribution in [3.05, 3.63) is 139 Å². The zero-order chi connectivity index (χ0) is 25.1. The van der Waals surface area contributed by atoms with Gasteiger partial charge in [-0.05, 0) is 43.0 Å². The van der Waals surface area contributed by atoms with Crippen molar-refractivity contribution in [1.82, 2.24) is 0 Å². The van der Waals surface area contributed by atoms with E-state index in [0.29, 0.717) is 0 Å². The first kappa shape index (κ1) is 29.1. The van der Waals surface area contributed by atoms with Gasteiger partial charge >= 0.3 is 5.97 Å². The van der Waals surface area contributed by atoms with E-state index in [2.05, 4.69) is 100 Å². The molecule has 0 bridgehead atoms. The van der Waals surface area contributed by atoms with Gasteiger partial charge in [-0.3, -0.25) is 4.79 Å². The second kappa shape index (κ2) is 17.7. The van der Waals surface area contributed by atoms with E-state index in [0.717, 1.165) is 6.26 Å². The van der Waals surface area contributed by atoms with Gasteiger partial charge in [-0.1, -0.05) is 128 Å². The van der Waals surface area contributed by atoms with Crippen LogP contribution in [-0.2, 0) is 9.53 Å². The van der Waals surface area contributed by atoms with Gasteiger partial charge in [0.05, 0.1) is 6.26 Å².